The molecule has 1 fully saturated rings. The Hall–Kier alpha value is -2.90. The van der Waals surface area contributed by atoms with E-state index in [4.69, 9.17) is 9.84 Å². The molecule has 3 amide bonds. The van der Waals surface area contributed by atoms with Crippen molar-refractivity contribution in [3.8, 4) is 5.75 Å². The van der Waals surface area contributed by atoms with E-state index in [0.717, 1.165) is 12.8 Å². The summed E-state index contributed by atoms with van der Waals surface area (Å²) >= 11 is 0. The van der Waals surface area contributed by atoms with Crippen LogP contribution in [0.4, 0.5) is 9.18 Å². The molecule has 0 saturated heterocycles. The highest BCUT2D eigenvalue weighted by atomic mass is 19.1. The molecule has 1 aromatic carbocycles. The quantitative estimate of drug-likeness (QED) is 0.775. The molecule has 0 atom stereocenters. The van der Waals surface area contributed by atoms with Crippen LogP contribution in [0.3, 0.4) is 0 Å². The van der Waals surface area contributed by atoms with Crippen LogP contribution in [0.1, 0.15) is 33.6 Å². The lowest BCUT2D eigenvalue weighted by Crippen LogP contribution is -2.31. The first-order chi connectivity index (χ1) is 11.5. The summed E-state index contributed by atoms with van der Waals surface area (Å²) in [4.78, 5) is 36.2. The standard InChI is InChI=1S/C16H15FN2O5/c17-6-9(7-18-16(22)23)8-24-11-3-4-12-13(5-11)15(21)19(14(12)20)10-1-2-10/h3-6,10,18H,1-2,7-8H2,(H,22,23)/b9-6+. The van der Waals surface area contributed by atoms with Gasteiger partial charge in [0.1, 0.15) is 12.4 Å². The smallest absolute Gasteiger partial charge is 0.404 e. The van der Waals surface area contributed by atoms with Crippen LogP contribution in [0, 0.1) is 0 Å². The van der Waals surface area contributed by atoms with Gasteiger partial charge in [-0.15, -0.1) is 0 Å². The first-order valence-electron chi connectivity index (χ1n) is 7.41. The second-order valence-electron chi connectivity index (χ2n) is 5.63. The van der Waals surface area contributed by atoms with E-state index in [0.29, 0.717) is 11.3 Å². The number of carboxylic acid groups (broad SMARTS) is 1. The van der Waals surface area contributed by atoms with Gasteiger partial charge in [-0.1, -0.05) is 0 Å². The number of hydrogen-bond donors (Lipinski definition) is 2. The molecule has 8 heteroatoms. The van der Waals surface area contributed by atoms with Gasteiger partial charge in [0.25, 0.3) is 11.8 Å². The van der Waals surface area contributed by atoms with Crippen molar-refractivity contribution in [1.82, 2.24) is 10.2 Å². The van der Waals surface area contributed by atoms with E-state index in [2.05, 4.69) is 0 Å². The van der Waals surface area contributed by atoms with E-state index < -0.39 is 6.09 Å². The first kappa shape index (κ1) is 16.0. The number of nitrogens with zero attached hydrogens (tertiary/aromatic N) is 1. The van der Waals surface area contributed by atoms with Crippen molar-refractivity contribution in [2.45, 2.75) is 18.9 Å². The normalized spacial score (nSPS) is 17.0. The first-order valence-corrected chi connectivity index (χ1v) is 7.41. The summed E-state index contributed by atoms with van der Waals surface area (Å²) in [5.41, 5.74) is 0.715. The lowest BCUT2D eigenvalue weighted by molar-refractivity contribution is 0.0642. The topological polar surface area (TPSA) is 95.9 Å². The fraction of sp³-hybridized carbons (Fsp3) is 0.312. The number of fused-ring (bicyclic) bond motifs is 1. The van der Waals surface area contributed by atoms with Crippen LogP contribution in [0.2, 0.25) is 0 Å². The van der Waals surface area contributed by atoms with E-state index in [1.54, 1.807) is 0 Å². The van der Waals surface area contributed by atoms with Crippen molar-refractivity contribution < 1.29 is 28.6 Å². The Morgan fingerprint density at radius 1 is 1.33 bits per heavy atom. The molecule has 2 N–H and O–H groups in total. The number of rotatable bonds is 6. The summed E-state index contributed by atoms with van der Waals surface area (Å²) in [5, 5.41) is 10.5. The number of hydrogen-bond acceptors (Lipinski definition) is 4. The van der Waals surface area contributed by atoms with Crippen molar-refractivity contribution in [1.29, 1.82) is 0 Å². The Kier molecular flexibility index (Phi) is 4.20. The number of carbonyl (C=O) groups is 3. The van der Waals surface area contributed by atoms with E-state index >= 15 is 0 Å². The van der Waals surface area contributed by atoms with E-state index in [9.17, 15) is 18.8 Å². The zero-order valence-corrected chi connectivity index (χ0v) is 12.6. The highest BCUT2D eigenvalue weighted by Crippen LogP contribution is 2.35. The molecule has 0 bridgehead atoms. The summed E-state index contributed by atoms with van der Waals surface area (Å²) < 4.78 is 18.1. The van der Waals surface area contributed by atoms with Gasteiger partial charge in [0, 0.05) is 18.2 Å². The average molecular weight is 334 g/mol. The molecule has 7 nitrogen and oxygen atoms in total. The van der Waals surface area contributed by atoms with Gasteiger partial charge in [0.15, 0.2) is 0 Å². The maximum atomic E-state index is 12.7. The van der Waals surface area contributed by atoms with Crippen molar-refractivity contribution in [2.75, 3.05) is 13.2 Å². The second-order valence-corrected chi connectivity index (χ2v) is 5.63. The largest absolute Gasteiger partial charge is 0.489 e. The van der Waals surface area contributed by atoms with Crippen molar-refractivity contribution in [3.63, 3.8) is 0 Å². The van der Waals surface area contributed by atoms with Crippen LogP contribution in [-0.2, 0) is 0 Å². The van der Waals surface area contributed by atoms with Gasteiger partial charge >= 0.3 is 6.09 Å². The summed E-state index contributed by atoms with van der Waals surface area (Å²) in [6.07, 6.45) is 0.662. The third-order valence-corrected chi connectivity index (χ3v) is 3.85. The van der Waals surface area contributed by atoms with E-state index in [1.165, 1.54) is 23.1 Å². The molecule has 0 unspecified atom stereocenters. The fourth-order valence-electron chi connectivity index (χ4n) is 2.48. The maximum absolute atomic E-state index is 12.7. The van der Waals surface area contributed by atoms with Crippen LogP contribution in [0.25, 0.3) is 0 Å². The van der Waals surface area contributed by atoms with Crippen molar-refractivity contribution >= 4 is 17.9 Å². The Balaban J connectivity index is 1.68. The minimum absolute atomic E-state index is 0.00932. The Morgan fingerprint density at radius 2 is 2.04 bits per heavy atom. The molecule has 1 heterocycles. The van der Waals surface area contributed by atoms with Gasteiger partial charge in [-0.2, -0.15) is 0 Å². The SMILES string of the molecule is O=C(O)NC/C(=C\F)COc1ccc2c(c1)C(=O)N(C1CC1)C2=O. The van der Waals surface area contributed by atoms with Crippen LogP contribution in [0.15, 0.2) is 30.1 Å². The van der Waals surface area contributed by atoms with Gasteiger partial charge < -0.3 is 15.2 Å². The molecule has 24 heavy (non-hydrogen) atoms. The van der Waals surface area contributed by atoms with Gasteiger partial charge in [0.05, 0.1) is 17.5 Å². The molecular weight excluding hydrogens is 319 g/mol. The predicted octanol–water partition coefficient (Wildman–Crippen LogP) is 1.94. The lowest BCUT2D eigenvalue weighted by Gasteiger charge is -2.11. The maximum Gasteiger partial charge on any atom is 0.404 e. The predicted molar refractivity (Wildman–Crippen MR) is 80.7 cm³/mol. The summed E-state index contributed by atoms with van der Waals surface area (Å²) in [5.74, 6) is -0.321. The zero-order valence-electron chi connectivity index (χ0n) is 12.6. The van der Waals surface area contributed by atoms with Crippen molar-refractivity contribution in [3.05, 3.63) is 41.2 Å². The molecule has 0 radical (unpaired) electrons. The Bertz CT molecular complexity index is 742. The molecular formula is C16H15FN2O5. The molecule has 0 spiro atoms. The average Bonchev–Trinajstić information content (AvgIpc) is 3.35. The van der Waals surface area contributed by atoms with Crippen LogP contribution < -0.4 is 10.1 Å². The number of halogens is 1. The number of amides is 3. The van der Waals surface area contributed by atoms with Gasteiger partial charge in [-0.3, -0.25) is 14.5 Å². The number of nitrogens with one attached hydrogen (secondary N) is 1. The summed E-state index contributed by atoms with van der Waals surface area (Å²) in [7, 11) is 0. The van der Waals surface area contributed by atoms with Crippen LogP contribution >= 0.6 is 0 Å². The van der Waals surface area contributed by atoms with Gasteiger partial charge in [-0.05, 0) is 31.0 Å². The van der Waals surface area contributed by atoms with Gasteiger partial charge in [-0.25, -0.2) is 9.18 Å². The number of ether oxygens (including phenoxy) is 1. The number of benzene rings is 1. The molecule has 126 valence electrons. The van der Waals surface area contributed by atoms with Crippen LogP contribution in [0.5, 0.6) is 5.75 Å². The molecule has 3 rings (SSSR count). The molecule has 1 aliphatic carbocycles. The molecule has 1 aliphatic heterocycles. The monoisotopic (exact) mass is 334 g/mol. The second kappa shape index (κ2) is 6.31. The van der Waals surface area contributed by atoms with Gasteiger partial charge in [0.2, 0.25) is 0 Å². The minimum atomic E-state index is -1.27. The highest BCUT2D eigenvalue weighted by molar-refractivity contribution is 6.21. The molecule has 2 aliphatic rings. The summed E-state index contributed by atoms with van der Waals surface area (Å²) in [6.45, 7) is -0.381. The third-order valence-electron chi connectivity index (χ3n) is 3.85. The van der Waals surface area contributed by atoms with Crippen molar-refractivity contribution in [2.24, 2.45) is 0 Å². The molecule has 1 aromatic rings. The van der Waals surface area contributed by atoms with Crippen LogP contribution in [-0.4, -0.2) is 47.1 Å². The summed E-state index contributed by atoms with van der Waals surface area (Å²) in [6, 6.07) is 4.49. The number of carbonyl (C=O) groups excluding carboxylic acids is 2. The molecule has 0 aromatic heterocycles. The lowest BCUT2D eigenvalue weighted by atomic mass is 10.1. The fourth-order valence-corrected chi connectivity index (χ4v) is 2.48. The Morgan fingerprint density at radius 3 is 2.67 bits per heavy atom. The minimum Gasteiger partial charge on any atom is -0.489 e. The zero-order chi connectivity index (χ0) is 17.3. The highest BCUT2D eigenvalue weighted by Gasteiger charge is 2.44. The number of imide groups is 1. The third kappa shape index (κ3) is 3.08. The van der Waals surface area contributed by atoms with E-state index in [1.807, 2.05) is 5.32 Å². The molecule has 1 saturated carbocycles. The van der Waals surface area contributed by atoms with E-state index in [-0.39, 0.29) is 48.5 Å². The Labute approximate surface area is 136 Å².